The molecule has 0 bridgehead atoms. The van der Waals surface area contributed by atoms with Gasteiger partial charge in [-0.15, -0.1) is 0 Å². The molecule has 0 aromatic heterocycles. The lowest BCUT2D eigenvalue weighted by Crippen LogP contribution is -2.55. The summed E-state index contributed by atoms with van der Waals surface area (Å²) in [5.41, 5.74) is 0.551. The molecule has 0 saturated heterocycles. The summed E-state index contributed by atoms with van der Waals surface area (Å²) in [6.07, 6.45) is 6.03. The van der Waals surface area contributed by atoms with Gasteiger partial charge in [-0.3, -0.25) is 4.79 Å². The van der Waals surface area contributed by atoms with Crippen LogP contribution in [0.2, 0.25) is 0 Å². The van der Waals surface area contributed by atoms with Crippen LogP contribution in [0.25, 0.3) is 6.08 Å². The van der Waals surface area contributed by atoms with Crippen molar-refractivity contribution in [2.24, 2.45) is 0 Å². The van der Waals surface area contributed by atoms with E-state index in [9.17, 15) is 9.90 Å². The second-order valence-electron chi connectivity index (χ2n) is 5.12. The Morgan fingerprint density at radius 2 is 2.10 bits per heavy atom. The monoisotopic (exact) mass is 275 g/mol. The van der Waals surface area contributed by atoms with Crippen molar-refractivity contribution in [1.29, 1.82) is 0 Å². The number of hydrogen-bond donors (Lipinski definition) is 2. The summed E-state index contributed by atoms with van der Waals surface area (Å²) in [6, 6.07) is 7.56. The third kappa shape index (κ3) is 3.61. The van der Waals surface area contributed by atoms with Crippen molar-refractivity contribution in [2.75, 3.05) is 13.2 Å². The lowest BCUT2D eigenvalue weighted by molar-refractivity contribution is -0.120. The number of aliphatic hydroxyl groups is 1. The molecule has 0 atom stereocenters. The highest BCUT2D eigenvalue weighted by molar-refractivity contribution is 5.92. The van der Waals surface area contributed by atoms with E-state index in [-0.39, 0.29) is 18.1 Å². The second kappa shape index (κ2) is 6.57. The van der Waals surface area contributed by atoms with E-state index < -0.39 is 0 Å². The first-order valence-electron chi connectivity index (χ1n) is 7.01. The van der Waals surface area contributed by atoms with Crippen molar-refractivity contribution in [3.05, 3.63) is 35.9 Å². The van der Waals surface area contributed by atoms with Crippen LogP contribution in [0.5, 0.6) is 5.75 Å². The van der Waals surface area contributed by atoms with Crippen LogP contribution in [0.1, 0.15) is 31.7 Å². The van der Waals surface area contributed by atoms with Gasteiger partial charge < -0.3 is 15.2 Å². The minimum atomic E-state index is -0.389. The third-order valence-corrected chi connectivity index (χ3v) is 3.62. The number of carbonyl (C=O) groups is 1. The summed E-state index contributed by atoms with van der Waals surface area (Å²) in [7, 11) is 0. The molecule has 1 aliphatic carbocycles. The van der Waals surface area contributed by atoms with Crippen molar-refractivity contribution in [2.45, 2.75) is 31.7 Å². The Balaban J connectivity index is 1.90. The van der Waals surface area contributed by atoms with E-state index >= 15 is 0 Å². The number of benzene rings is 1. The Hall–Kier alpha value is -1.81. The number of rotatable bonds is 6. The van der Waals surface area contributed by atoms with Gasteiger partial charge in [-0.1, -0.05) is 12.1 Å². The molecule has 108 valence electrons. The Morgan fingerprint density at radius 3 is 2.60 bits per heavy atom. The van der Waals surface area contributed by atoms with E-state index in [1.807, 2.05) is 31.2 Å². The average molecular weight is 275 g/mol. The van der Waals surface area contributed by atoms with Crippen LogP contribution in [-0.2, 0) is 4.79 Å². The zero-order valence-corrected chi connectivity index (χ0v) is 11.8. The van der Waals surface area contributed by atoms with Gasteiger partial charge in [0.2, 0.25) is 5.91 Å². The smallest absolute Gasteiger partial charge is 0.244 e. The van der Waals surface area contributed by atoms with Crippen molar-refractivity contribution in [3.8, 4) is 5.75 Å². The zero-order chi connectivity index (χ0) is 14.4. The van der Waals surface area contributed by atoms with Crippen LogP contribution < -0.4 is 10.1 Å². The Kier molecular flexibility index (Phi) is 4.79. The van der Waals surface area contributed by atoms with Gasteiger partial charge >= 0.3 is 0 Å². The fourth-order valence-electron chi connectivity index (χ4n) is 2.24. The first-order valence-corrected chi connectivity index (χ1v) is 7.01. The largest absolute Gasteiger partial charge is 0.494 e. The normalized spacial score (nSPS) is 16.7. The Labute approximate surface area is 119 Å². The molecule has 20 heavy (non-hydrogen) atoms. The highest BCUT2D eigenvalue weighted by atomic mass is 16.5. The first-order chi connectivity index (χ1) is 9.67. The summed E-state index contributed by atoms with van der Waals surface area (Å²) in [4.78, 5) is 11.8. The highest BCUT2D eigenvalue weighted by Crippen LogP contribution is 2.31. The predicted molar refractivity (Wildman–Crippen MR) is 78.5 cm³/mol. The lowest BCUT2D eigenvalue weighted by Gasteiger charge is -2.40. The molecular weight excluding hydrogens is 254 g/mol. The van der Waals surface area contributed by atoms with Crippen molar-refractivity contribution in [3.63, 3.8) is 0 Å². The van der Waals surface area contributed by atoms with Gasteiger partial charge in [-0.25, -0.2) is 0 Å². The van der Waals surface area contributed by atoms with E-state index in [1.54, 1.807) is 6.08 Å². The SMILES string of the molecule is CCOc1ccc(/C=C/C(=O)NC2(CO)CCC2)cc1. The Morgan fingerprint density at radius 1 is 1.40 bits per heavy atom. The molecule has 4 nitrogen and oxygen atoms in total. The minimum Gasteiger partial charge on any atom is -0.494 e. The standard InChI is InChI=1S/C16H21NO3/c1-2-20-14-7-4-13(5-8-14)6-9-15(19)17-16(12-18)10-3-11-16/h4-9,18H,2-3,10-12H2,1H3,(H,17,19)/b9-6+. The van der Waals surface area contributed by atoms with Gasteiger partial charge in [-0.2, -0.15) is 0 Å². The van der Waals surface area contributed by atoms with Gasteiger partial charge in [0.15, 0.2) is 0 Å². The lowest BCUT2D eigenvalue weighted by atomic mass is 9.77. The van der Waals surface area contributed by atoms with Gasteiger partial charge in [-0.05, 0) is 50.0 Å². The predicted octanol–water partition coefficient (Wildman–Crippen LogP) is 2.13. The van der Waals surface area contributed by atoms with Gasteiger partial charge in [0.1, 0.15) is 5.75 Å². The van der Waals surface area contributed by atoms with Crippen molar-refractivity contribution < 1.29 is 14.6 Å². The van der Waals surface area contributed by atoms with Gasteiger partial charge in [0.05, 0.1) is 18.8 Å². The molecule has 1 aromatic rings. The van der Waals surface area contributed by atoms with E-state index in [0.717, 1.165) is 30.6 Å². The quantitative estimate of drug-likeness (QED) is 0.782. The Bertz CT molecular complexity index is 469. The molecule has 0 unspecified atom stereocenters. The number of ether oxygens (including phenoxy) is 1. The minimum absolute atomic E-state index is 0.00956. The molecule has 1 amide bonds. The maximum atomic E-state index is 11.8. The summed E-state index contributed by atoms with van der Waals surface area (Å²) >= 11 is 0. The van der Waals surface area contributed by atoms with Crippen LogP contribution in [0, 0.1) is 0 Å². The molecule has 2 rings (SSSR count). The molecule has 1 aliphatic rings. The van der Waals surface area contributed by atoms with Crippen LogP contribution in [0.3, 0.4) is 0 Å². The summed E-state index contributed by atoms with van der Waals surface area (Å²) in [5.74, 6) is 0.662. The van der Waals surface area contributed by atoms with Crippen molar-refractivity contribution in [1.82, 2.24) is 5.32 Å². The molecule has 0 aliphatic heterocycles. The van der Waals surface area contributed by atoms with Crippen LogP contribution in [0.15, 0.2) is 30.3 Å². The zero-order valence-electron chi connectivity index (χ0n) is 11.8. The third-order valence-electron chi connectivity index (χ3n) is 3.62. The molecule has 1 fully saturated rings. The number of nitrogens with one attached hydrogen (secondary N) is 1. The van der Waals surface area contributed by atoms with Gasteiger partial charge in [0, 0.05) is 6.08 Å². The maximum absolute atomic E-state index is 11.8. The summed E-state index contributed by atoms with van der Waals surface area (Å²) < 4.78 is 5.36. The van der Waals surface area contributed by atoms with Crippen LogP contribution >= 0.6 is 0 Å². The molecular formula is C16H21NO3. The number of amides is 1. The molecule has 0 heterocycles. The van der Waals surface area contributed by atoms with E-state index in [1.165, 1.54) is 6.08 Å². The molecule has 0 spiro atoms. The van der Waals surface area contributed by atoms with Gasteiger partial charge in [0.25, 0.3) is 0 Å². The number of aliphatic hydroxyl groups excluding tert-OH is 1. The number of hydrogen-bond acceptors (Lipinski definition) is 3. The van der Waals surface area contributed by atoms with Crippen LogP contribution in [-0.4, -0.2) is 29.8 Å². The molecule has 1 aromatic carbocycles. The summed E-state index contributed by atoms with van der Waals surface area (Å²) in [6.45, 7) is 2.59. The van der Waals surface area contributed by atoms with E-state index in [4.69, 9.17) is 4.74 Å². The van der Waals surface area contributed by atoms with E-state index in [2.05, 4.69) is 5.32 Å². The second-order valence-corrected chi connectivity index (χ2v) is 5.12. The molecule has 4 heteroatoms. The fraction of sp³-hybridized carbons (Fsp3) is 0.438. The average Bonchev–Trinajstić information content (AvgIpc) is 2.42. The number of carbonyl (C=O) groups excluding carboxylic acids is 1. The topological polar surface area (TPSA) is 58.6 Å². The molecule has 1 saturated carbocycles. The van der Waals surface area contributed by atoms with Crippen molar-refractivity contribution >= 4 is 12.0 Å². The first kappa shape index (κ1) is 14.6. The van der Waals surface area contributed by atoms with Crippen LogP contribution in [0.4, 0.5) is 0 Å². The fourth-order valence-corrected chi connectivity index (χ4v) is 2.24. The molecule has 2 N–H and O–H groups in total. The molecule has 0 radical (unpaired) electrons. The van der Waals surface area contributed by atoms with E-state index in [0.29, 0.717) is 6.61 Å². The highest BCUT2D eigenvalue weighted by Gasteiger charge is 2.37. The summed E-state index contributed by atoms with van der Waals surface area (Å²) in [5, 5.41) is 12.2. The maximum Gasteiger partial charge on any atom is 0.244 e.